The predicted molar refractivity (Wildman–Crippen MR) is 74.7 cm³/mol. The summed E-state index contributed by atoms with van der Waals surface area (Å²) in [6, 6.07) is -0.188. The van der Waals surface area contributed by atoms with Crippen LogP contribution in [0.2, 0.25) is 0 Å². The van der Waals surface area contributed by atoms with Crippen molar-refractivity contribution in [1.82, 2.24) is 15.1 Å². The van der Waals surface area contributed by atoms with E-state index in [9.17, 15) is 9.59 Å². The van der Waals surface area contributed by atoms with Crippen LogP contribution in [0.1, 0.15) is 12.8 Å². The Bertz CT molecular complexity index is 338. The molecule has 2 atom stereocenters. The van der Waals surface area contributed by atoms with Crippen LogP contribution >= 0.6 is 0 Å². The number of methoxy groups -OCH3 is 1. The normalized spacial score (nSPS) is 20.6. The fourth-order valence-corrected chi connectivity index (χ4v) is 2.42. The van der Waals surface area contributed by atoms with Gasteiger partial charge in [0.1, 0.15) is 0 Å². The first-order valence-electron chi connectivity index (χ1n) is 6.84. The first-order valence-corrected chi connectivity index (χ1v) is 6.84. The molecule has 2 unspecified atom stereocenters. The van der Waals surface area contributed by atoms with Gasteiger partial charge >= 0.3 is 12.0 Å². The molecule has 0 aromatic heterocycles. The van der Waals surface area contributed by atoms with Crippen molar-refractivity contribution in [2.45, 2.75) is 18.9 Å². The van der Waals surface area contributed by atoms with Crippen molar-refractivity contribution >= 4 is 12.0 Å². The molecule has 0 saturated carbocycles. The zero-order valence-electron chi connectivity index (χ0n) is 12.5. The Morgan fingerprint density at radius 3 is 2.75 bits per heavy atom. The van der Waals surface area contributed by atoms with Gasteiger partial charge < -0.3 is 25.0 Å². The minimum absolute atomic E-state index is 0.117. The van der Waals surface area contributed by atoms with Crippen molar-refractivity contribution < 1.29 is 19.4 Å². The van der Waals surface area contributed by atoms with E-state index in [0.29, 0.717) is 12.5 Å². The van der Waals surface area contributed by atoms with Crippen molar-refractivity contribution in [3.63, 3.8) is 0 Å². The second-order valence-electron chi connectivity index (χ2n) is 5.44. The van der Waals surface area contributed by atoms with Crippen LogP contribution in [0.3, 0.4) is 0 Å². The van der Waals surface area contributed by atoms with Crippen molar-refractivity contribution in [2.75, 3.05) is 47.4 Å². The number of carbonyl (C=O) groups is 2. The molecule has 0 bridgehead atoms. The van der Waals surface area contributed by atoms with Crippen LogP contribution in [0.15, 0.2) is 0 Å². The number of likely N-dealkylation sites (tertiary alicyclic amines) is 1. The molecule has 1 aliphatic heterocycles. The molecule has 0 radical (unpaired) electrons. The van der Waals surface area contributed by atoms with Gasteiger partial charge in [0.25, 0.3) is 0 Å². The summed E-state index contributed by atoms with van der Waals surface area (Å²) in [4.78, 5) is 26.4. The van der Waals surface area contributed by atoms with Gasteiger partial charge in [0, 0.05) is 33.8 Å². The lowest BCUT2D eigenvalue weighted by Crippen LogP contribution is -2.43. The number of carboxylic acids is 1. The molecule has 1 heterocycles. The SMILES string of the molecule is COC(CNC(=O)N(C)CC1CCN(C)C1)CC(=O)O. The Balaban J connectivity index is 2.28. The van der Waals surface area contributed by atoms with E-state index in [-0.39, 0.29) is 19.0 Å². The minimum atomic E-state index is -0.937. The lowest BCUT2D eigenvalue weighted by molar-refractivity contribution is -0.139. The maximum absolute atomic E-state index is 11.9. The first kappa shape index (κ1) is 16.7. The Morgan fingerprint density at radius 2 is 2.25 bits per heavy atom. The van der Waals surface area contributed by atoms with Crippen LogP contribution in [0, 0.1) is 5.92 Å². The molecule has 1 aliphatic rings. The molecular weight excluding hydrogens is 262 g/mol. The van der Waals surface area contributed by atoms with E-state index in [4.69, 9.17) is 9.84 Å². The number of amides is 2. The van der Waals surface area contributed by atoms with Gasteiger partial charge in [-0.1, -0.05) is 0 Å². The van der Waals surface area contributed by atoms with Crippen LogP contribution < -0.4 is 5.32 Å². The average Bonchev–Trinajstić information content (AvgIpc) is 2.78. The average molecular weight is 287 g/mol. The number of hydrogen-bond donors (Lipinski definition) is 2. The summed E-state index contributed by atoms with van der Waals surface area (Å²) in [7, 11) is 5.28. The summed E-state index contributed by atoms with van der Waals surface area (Å²) < 4.78 is 5.02. The number of urea groups is 1. The van der Waals surface area contributed by atoms with Gasteiger partial charge in [0.15, 0.2) is 0 Å². The van der Waals surface area contributed by atoms with Crippen LogP contribution in [0.4, 0.5) is 4.79 Å². The number of nitrogens with one attached hydrogen (secondary N) is 1. The van der Waals surface area contributed by atoms with Crippen LogP contribution in [0.25, 0.3) is 0 Å². The highest BCUT2D eigenvalue weighted by molar-refractivity contribution is 5.74. The third-order valence-corrected chi connectivity index (χ3v) is 3.58. The third-order valence-electron chi connectivity index (χ3n) is 3.58. The quantitative estimate of drug-likeness (QED) is 0.692. The molecule has 2 amide bonds. The molecule has 116 valence electrons. The number of carbonyl (C=O) groups excluding carboxylic acids is 1. The molecule has 0 aromatic carbocycles. The second kappa shape index (κ2) is 8.06. The van der Waals surface area contributed by atoms with Crippen LogP contribution in [-0.2, 0) is 9.53 Å². The molecular formula is C13H25N3O4. The Labute approximate surface area is 119 Å². The van der Waals surface area contributed by atoms with Gasteiger partial charge in [-0.2, -0.15) is 0 Å². The summed E-state index contributed by atoms with van der Waals surface area (Å²) >= 11 is 0. The van der Waals surface area contributed by atoms with E-state index in [0.717, 1.165) is 19.5 Å². The van der Waals surface area contributed by atoms with Gasteiger partial charge in [-0.05, 0) is 25.9 Å². The number of ether oxygens (including phenoxy) is 1. The molecule has 1 fully saturated rings. The van der Waals surface area contributed by atoms with E-state index < -0.39 is 12.1 Å². The highest BCUT2D eigenvalue weighted by Crippen LogP contribution is 2.15. The molecule has 0 aliphatic carbocycles. The van der Waals surface area contributed by atoms with E-state index in [1.54, 1.807) is 11.9 Å². The highest BCUT2D eigenvalue weighted by Gasteiger charge is 2.23. The minimum Gasteiger partial charge on any atom is -0.481 e. The van der Waals surface area contributed by atoms with Crippen molar-refractivity contribution in [2.24, 2.45) is 5.92 Å². The number of carboxylic acid groups (broad SMARTS) is 1. The van der Waals surface area contributed by atoms with E-state index in [1.807, 2.05) is 0 Å². The monoisotopic (exact) mass is 287 g/mol. The fourth-order valence-electron chi connectivity index (χ4n) is 2.42. The zero-order chi connectivity index (χ0) is 15.1. The summed E-state index contributed by atoms with van der Waals surface area (Å²) in [5, 5.41) is 11.4. The number of rotatable bonds is 7. The standard InChI is InChI=1S/C13H25N3O4/c1-15-5-4-10(8-15)9-16(2)13(19)14-7-11(20-3)6-12(17)18/h10-11H,4-9H2,1-3H3,(H,14,19)(H,17,18). The second-order valence-corrected chi connectivity index (χ2v) is 5.44. The van der Waals surface area contributed by atoms with Crippen molar-refractivity contribution in [3.8, 4) is 0 Å². The highest BCUT2D eigenvalue weighted by atomic mass is 16.5. The maximum atomic E-state index is 11.9. The van der Waals surface area contributed by atoms with E-state index in [2.05, 4.69) is 17.3 Å². The topological polar surface area (TPSA) is 82.1 Å². The van der Waals surface area contributed by atoms with Crippen molar-refractivity contribution in [1.29, 1.82) is 0 Å². The number of aliphatic carboxylic acids is 1. The Hall–Kier alpha value is -1.34. The summed E-state index contributed by atoms with van der Waals surface area (Å²) in [5.41, 5.74) is 0. The molecule has 1 saturated heterocycles. The molecule has 20 heavy (non-hydrogen) atoms. The van der Waals surface area contributed by atoms with E-state index >= 15 is 0 Å². The van der Waals surface area contributed by atoms with Crippen molar-refractivity contribution in [3.05, 3.63) is 0 Å². The Kier molecular flexibility index (Phi) is 6.74. The molecule has 0 spiro atoms. The van der Waals surface area contributed by atoms with Gasteiger partial charge in [0.05, 0.1) is 12.5 Å². The van der Waals surface area contributed by atoms with E-state index in [1.165, 1.54) is 7.11 Å². The molecule has 7 nitrogen and oxygen atoms in total. The molecule has 0 aromatic rings. The number of hydrogen-bond acceptors (Lipinski definition) is 4. The maximum Gasteiger partial charge on any atom is 0.317 e. The van der Waals surface area contributed by atoms with Crippen LogP contribution in [-0.4, -0.2) is 80.4 Å². The Morgan fingerprint density at radius 1 is 1.55 bits per heavy atom. The first-order chi connectivity index (χ1) is 9.42. The lowest BCUT2D eigenvalue weighted by Gasteiger charge is -2.23. The van der Waals surface area contributed by atoms with Crippen LogP contribution in [0.5, 0.6) is 0 Å². The largest absolute Gasteiger partial charge is 0.481 e. The number of nitrogens with zero attached hydrogens (tertiary/aromatic N) is 2. The summed E-state index contributed by atoms with van der Waals surface area (Å²) in [6.07, 6.45) is 0.490. The lowest BCUT2D eigenvalue weighted by atomic mass is 10.1. The molecule has 7 heteroatoms. The predicted octanol–water partition coefficient (Wildman–Crippen LogP) is 0.0692. The summed E-state index contributed by atoms with van der Waals surface area (Å²) in [6.45, 7) is 3.01. The zero-order valence-corrected chi connectivity index (χ0v) is 12.5. The fraction of sp³-hybridized carbons (Fsp3) is 0.846. The smallest absolute Gasteiger partial charge is 0.317 e. The van der Waals surface area contributed by atoms with Gasteiger partial charge in [-0.15, -0.1) is 0 Å². The molecule has 2 N–H and O–H groups in total. The van der Waals surface area contributed by atoms with Gasteiger partial charge in [-0.25, -0.2) is 4.79 Å². The molecule has 1 rings (SSSR count). The van der Waals surface area contributed by atoms with Gasteiger partial charge in [-0.3, -0.25) is 4.79 Å². The summed E-state index contributed by atoms with van der Waals surface area (Å²) in [5.74, 6) is -0.429. The van der Waals surface area contributed by atoms with Gasteiger partial charge in [0.2, 0.25) is 0 Å². The third kappa shape index (κ3) is 5.75.